The largest absolute Gasteiger partial charge is 0.445 e. The van der Waals surface area contributed by atoms with Gasteiger partial charge in [-0.05, 0) is 29.8 Å². The Kier molecular flexibility index (Phi) is 2.75. The zero-order valence-corrected chi connectivity index (χ0v) is 8.92. The fourth-order valence-electron chi connectivity index (χ4n) is 1.17. The van der Waals surface area contributed by atoms with Gasteiger partial charge in [-0.3, -0.25) is 4.79 Å². The van der Waals surface area contributed by atoms with Crippen LogP contribution in [0.3, 0.4) is 0 Å². The number of carbonyl (C=O) groups excluding carboxylic acids is 1. The molecule has 0 amide bonds. The molecule has 1 heterocycles. The summed E-state index contributed by atoms with van der Waals surface area (Å²) in [6.07, 6.45) is 2.99. The van der Waals surface area contributed by atoms with E-state index in [0.29, 0.717) is 11.5 Å². The average molecular weight is 242 g/mol. The van der Waals surface area contributed by atoms with E-state index in [0.717, 1.165) is 0 Å². The highest BCUT2D eigenvalue weighted by Gasteiger charge is 2.10. The van der Waals surface area contributed by atoms with Crippen molar-refractivity contribution in [2.24, 2.45) is 0 Å². The van der Waals surface area contributed by atoms with Gasteiger partial charge in [0, 0.05) is 5.56 Å². The number of nitrogens with zero attached hydrogens (tertiary/aromatic N) is 1. The summed E-state index contributed by atoms with van der Waals surface area (Å²) in [7, 11) is 0. The molecule has 5 heteroatoms. The van der Waals surface area contributed by atoms with E-state index in [1.165, 1.54) is 18.5 Å². The average Bonchev–Trinajstić information content (AvgIpc) is 2.69. The smallest absolute Gasteiger partial charge is 0.253 e. The number of hydrogen-bond donors (Lipinski definition) is 0. The van der Waals surface area contributed by atoms with Crippen LogP contribution in [0.1, 0.15) is 10.4 Å². The zero-order valence-electron chi connectivity index (χ0n) is 7.41. The van der Waals surface area contributed by atoms with Crippen molar-refractivity contribution in [2.75, 3.05) is 0 Å². The van der Waals surface area contributed by atoms with Crippen molar-refractivity contribution in [3.05, 3.63) is 41.2 Å². The molecule has 0 unspecified atom stereocenters. The highest BCUT2D eigenvalue weighted by atomic mass is 35.5. The first-order valence-corrected chi connectivity index (χ1v) is 4.83. The lowest BCUT2D eigenvalue weighted by Gasteiger charge is -2.00. The Labute approximate surface area is 95.6 Å². The van der Waals surface area contributed by atoms with Gasteiger partial charge in [0.2, 0.25) is 5.89 Å². The van der Waals surface area contributed by atoms with Crippen LogP contribution in [-0.2, 0) is 0 Å². The van der Waals surface area contributed by atoms with Crippen molar-refractivity contribution >= 4 is 28.4 Å². The monoisotopic (exact) mass is 241 g/mol. The third-order valence-electron chi connectivity index (χ3n) is 1.86. The van der Waals surface area contributed by atoms with E-state index in [2.05, 4.69) is 4.98 Å². The molecule has 0 fully saturated rings. The highest BCUT2D eigenvalue weighted by Crippen LogP contribution is 2.25. The molecule has 0 radical (unpaired) electrons. The van der Waals surface area contributed by atoms with Gasteiger partial charge in [0.15, 0.2) is 0 Å². The molecule has 0 saturated carbocycles. The maximum atomic E-state index is 10.9. The summed E-state index contributed by atoms with van der Waals surface area (Å²) in [5.74, 6) is 0.450. The SMILES string of the molecule is O=C(Cl)c1ccc(-c2ncco2)cc1Cl. The molecule has 2 rings (SSSR count). The van der Waals surface area contributed by atoms with Crippen molar-refractivity contribution in [1.82, 2.24) is 4.98 Å². The van der Waals surface area contributed by atoms with Crippen LogP contribution >= 0.6 is 23.2 Å². The Balaban J connectivity index is 2.47. The lowest BCUT2D eigenvalue weighted by atomic mass is 10.1. The standard InChI is InChI=1S/C10H5Cl2NO2/c11-8-5-6(10-13-3-4-15-10)1-2-7(8)9(12)14/h1-5H. The van der Waals surface area contributed by atoms with Crippen LogP contribution in [0, 0.1) is 0 Å². The normalized spacial score (nSPS) is 10.3. The molecule has 3 nitrogen and oxygen atoms in total. The predicted octanol–water partition coefficient (Wildman–Crippen LogP) is 3.37. The lowest BCUT2D eigenvalue weighted by Crippen LogP contribution is -1.90. The third-order valence-corrected chi connectivity index (χ3v) is 2.38. The van der Waals surface area contributed by atoms with Gasteiger partial charge < -0.3 is 4.42 Å². The molecule has 0 atom stereocenters. The van der Waals surface area contributed by atoms with Gasteiger partial charge in [-0.15, -0.1) is 0 Å². The molecule has 0 aliphatic rings. The molecule has 1 aromatic carbocycles. The second kappa shape index (κ2) is 4.04. The number of aromatic nitrogens is 1. The van der Waals surface area contributed by atoms with Crippen LogP contribution in [0.15, 0.2) is 35.1 Å². The number of oxazole rings is 1. The molecule has 0 aliphatic carbocycles. The maximum absolute atomic E-state index is 10.9. The van der Waals surface area contributed by atoms with Crippen LogP contribution in [0.4, 0.5) is 0 Å². The Morgan fingerprint density at radius 3 is 2.73 bits per heavy atom. The molecular formula is C10H5Cl2NO2. The zero-order chi connectivity index (χ0) is 10.8. The number of hydrogen-bond acceptors (Lipinski definition) is 3. The van der Waals surface area contributed by atoms with Gasteiger partial charge in [-0.2, -0.15) is 0 Å². The van der Waals surface area contributed by atoms with E-state index in [1.54, 1.807) is 12.1 Å². The minimum atomic E-state index is -0.584. The van der Waals surface area contributed by atoms with Gasteiger partial charge in [0.1, 0.15) is 6.26 Å². The van der Waals surface area contributed by atoms with Gasteiger partial charge in [-0.1, -0.05) is 11.6 Å². The van der Waals surface area contributed by atoms with Gasteiger partial charge in [0.05, 0.1) is 16.8 Å². The van der Waals surface area contributed by atoms with E-state index in [-0.39, 0.29) is 10.6 Å². The lowest BCUT2D eigenvalue weighted by molar-refractivity contribution is 0.108. The van der Waals surface area contributed by atoms with Crippen molar-refractivity contribution in [3.63, 3.8) is 0 Å². The first-order valence-electron chi connectivity index (χ1n) is 4.08. The van der Waals surface area contributed by atoms with Crippen LogP contribution in [0.5, 0.6) is 0 Å². The molecular weight excluding hydrogens is 237 g/mol. The number of halogens is 2. The van der Waals surface area contributed by atoms with Gasteiger partial charge >= 0.3 is 0 Å². The van der Waals surface area contributed by atoms with Crippen LogP contribution in [-0.4, -0.2) is 10.2 Å². The minimum Gasteiger partial charge on any atom is -0.445 e. The Hall–Kier alpha value is -1.32. The second-order valence-electron chi connectivity index (χ2n) is 2.81. The van der Waals surface area contributed by atoms with Crippen molar-refractivity contribution in [1.29, 1.82) is 0 Å². The topological polar surface area (TPSA) is 43.1 Å². The maximum Gasteiger partial charge on any atom is 0.253 e. The summed E-state index contributed by atoms with van der Waals surface area (Å²) in [6, 6.07) is 4.80. The second-order valence-corrected chi connectivity index (χ2v) is 3.56. The number of rotatable bonds is 2. The molecule has 0 saturated heterocycles. The molecule has 0 aliphatic heterocycles. The fraction of sp³-hybridized carbons (Fsp3) is 0. The van der Waals surface area contributed by atoms with E-state index in [1.807, 2.05) is 0 Å². The molecule has 2 aromatic rings. The van der Waals surface area contributed by atoms with E-state index < -0.39 is 5.24 Å². The quantitative estimate of drug-likeness (QED) is 0.758. The molecule has 0 bridgehead atoms. The molecule has 0 N–H and O–H groups in total. The number of carbonyl (C=O) groups is 1. The summed E-state index contributed by atoms with van der Waals surface area (Å²) in [4.78, 5) is 14.9. The minimum absolute atomic E-state index is 0.272. The summed E-state index contributed by atoms with van der Waals surface area (Å²) >= 11 is 11.2. The van der Waals surface area contributed by atoms with Gasteiger partial charge in [0.25, 0.3) is 5.24 Å². The summed E-state index contributed by atoms with van der Waals surface area (Å²) < 4.78 is 5.09. The Morgan fingerprint density at radius 2 is 2.20 bits per heavy atom. The van der Waals surface area contributed by atoms with E-state index in [4.69, 9.17) is 27.6 Å². The fourth-order valence-corrected chi connectivity index (χ4v) is 1.65. The van der Waals surface area contributed by atoms with Crippen molar-refractivity contribution in [3.8, 4) is 11.5 Å². The molecule has 76 valence electrons. The van der Waals surface area contributed by atoms with Crippen molar-refractivity contribution < 1.29 is 9.21 Å². The highest BCUT2D eigenvalue weighted by molar-refractivity contribution is 6.68. The summed E-state index contributed by atoms with van der Waals surface area (Å²) in [5, 5.41) is -0.301. The van der Waals surface area contributed by atoms with Crippen LogP contribution < -0.4 is 0 Å². The summed E-state index contributed by atoms with van der Waals surface area (Å²) in [6.45, 7) is 0. The van der Waals surface area contributed by atoms with E-state index in [9.17, 15) is 4.79 Å². The Bertz CT molecular complexity index is 494. The predicted molar refractivity (Wildman–Crippen MR) is 57.1 cm³/mol. The first kappa shape index (κ1) is 10.2. The third kappa shape index (κ3) is 2.03. The molecule has 15 heavy (non-hydrogen) atoms. The van der Waals surface area contributed by atoms with Crippen LogP contribution in [0.25, 0.3) is 11.5 Å². The van der Waals surface area contributed by atoms with Gasteiger partial charge in [-0.25, -0.2) is 4.98 Å². The van der Waals surface area contributed by atoms with E-state index >= 15 is 0 Å². The molecule has 0 spiro atoms. The Morgan fingerprint density at radius 1 is 1.40 bits per heavy atom. The van der Waals surface area contributed by atoms with Crippen LogP contribution in [0.2, 0.25) is 5.02 Å². The first-order chi connectivity index (χ1) is 7.18. The van der Waals surface area contributed by atoms with Crippen molar-refractivity contribution in [2.45, 2.75) is 0 Å². The summed E-state index contributed by atoms with van der Waals surface area (Å²) in [5.41, 5.74) is 0.973. The number of benzene rings is 1. The molecule has 1 aromatic heterocycles.